The summed E-state index contributed by atoms with van der Waals surface area (Å²) in [7, 11) is 0.185. The molecular formula is C12H20N2O4S. The number of hydrogen-bond donors (Lipinski definition) is 2. The lowest BCUT2D eigenvalue weighted by atomic mass is 10.3. The topological polar surface area (TPSA) is 78.9 Å². The number of para-hydroxylation sites is 1. The van der Waals surface area contributed by atoms with Crippen molar-refractivity contribution in [2.75, 3.05) is 40.4 Å². The number of rotatable bonds is 8. The van der Waals surface area contributed by atoms with Crippen LogP contribution in [0.2, 0.25) is 0 Å². The van der Waals surface area contributed by atoms with Crippen LogP contribution in [0, 0.1) is 0 Å². The fraction of sp³-hybridized carbons (Fsp3) is 0.500. The molecule has 1 rings (SSSR count). The van der Waals surface area contributed by atoms with E-state index in [1.165, 1.54) is 12.1 Å². The largest absolute Gasteiger partial charge is 0.507 e. The molecule has 1 aromatic carbocycles. The third kappa shape index (κ3) is 5.56. The van der Waals surface area contributed by atoms with Gasteiger partial charge in [-0.2, -0.15) is 0 Å². The molecule has 0 unspecified atom stereocenters. The molecule has 6 nitrogen and oxygen atoms in total. The number of phenolic OH excluding ortho intramolecular Hbond substituents is 1. The molecule has 0 aliphatic rings. The zero-order valence-corrected chi connectivity index (χ0v) is 12.0. The summed E-state index contributed by atoms with van der Waals surface area (Å²) in [4.78, 5) is 1.86. The summed E-state index contributed by atoms with van der Waals surface area (Å²) < 4.78 is 31.4. The minimum Gasteiger partial charge on any atom is -0.507 e. The summed E-state index contributed by atoms with van der Waals surface area (Å²) in [5.74, 6) is -0.261. The highest BCUT2D eigenvalue weighted by Crippen LogP contribution is 2.20. The Morgan fingerprint density at radius 3 is 2.58 bits per heavy atom. The molecule has 0 atom stereocenters. The van der Waals surface area contributed by atoms with Gasteiger partial charge in [0.05, 0.1) is 13.2 Å². The van der Waals surface area contributed by atoms with Crippen LogP contribution in [0.25, 0.3) is 0 Å². The first-order valence-electron chi connectivity index (χ1n) is 5.93. The van der Waals surface area contributed by atoms with E-state index in [2.05, 4.69) is 4.72 Å². The minimum absolute atomic E-state index is 0.122. The maximum atomic E-state index is 11.9. The summed E-state index contributed by atoms with van der Waals surface area (Å²) in [6.45, 7) is 1.79. The molecule has 0 saturated heterocycles. The van der Waals surface area contributed by atoms with Crippen molar-refractivity contribution in [3.05, 3.63) is 24.3 Å². The maximum Gasteiger partial charge on any atom is 0.244 e. The van der Waals surface area contributed by atoms with Gasteiger partial charge in [0.15, 0.2) is 0 Å². The van der Waals surface area contributed by atoms with Gasteiger partial charge in [-0.25, -0.2) is 13.1 Å². The summed E-state index contributed by atoms with van der Waals surface area (Å²) in [6, 6.07) is 5.81. The molecule has 2 N–H and O–H groups in total. The fourth-order valence-corrected chi connectivity index (χ4v) is 2.47. The van der Waals surface area contributed by atoms with Gasteiger partial charge < -0.3 is 14.7 Å². The predicted molar refractivity (Wildman–Crippen MR) is 72.7 cm³/mol. The summed E-state index contributed by atoms with van der Waals surface area (Å²) in [6.07, 6.45) is 0. The highest BCUT2D eigenvalue weighted by atomic mass is 32.2. The van der Waals surface area contributed by atoms with Gasteiger partial charge >= 0.3 is 0 Å². The standard InChI is InChI=1S/C12H20N2O4S/c1-14(2)8-10-18-9-7-13-19(16,17)12-6-4-3-5-11(12)15/h3-6,13,15H,7-10H2,1-2H3. The van der Waals surface area contributed by atoms with Gasteiger partial charge in [0, 0.05) is 13.1 Å². The molecule has 0 fully saturated rings. The van der Waals surface area contributed by atoms with Crippen LogP contribution >= 0.6 is 0 Å². The van der Waals surface area contributed by atoms with Gasteiger partial charge in [0.2, 0.25) is 10.0 Å². The van der Waals surface area contributed by atoms with E-state index >= 15 is 0 Å². The number of nitrogens with zero attached hydrogens (tertiary/aromatic N) is 1. The molecule has 19 heavy (non-hydrogen) atoms. The van der Waals surface area contributed by atoms with E-state index in [0.717, 1.165) is 6.54 Å². The van der Waals surface area contributed by atoms with E-state index in [4.69, 9.17) is 4.74 Å². The number of likely N-dealkylation sites (N-methyl/N-ethyl adjacent to an activating group) is 1. The molecule has 0 bridgehead atoms. The lowest BCUT2D eigenvalue weighted by Gasteiger charge is -2.11. The van der Waals surface area contributed by atoms with Crippen LogP contribution in [0.1, 0.15) is 0 Å². The van der Waals surface area contributed by atoms with Crippen LogP contribution in [-0.2, 0) is 14.8 Å². The smallest absolute Gasteiger partial charge is 0.244 e. The number of hydrogen-bond acceptors (Lipinski definition) is 5. The van der Waals surface area contributed by atoms with Crippen LogP contribution in [0.15, 0.2) is 29.2 Å². The summed E-state index contributed by atoms with van der Waals surface area (Å²) in [5, 5.41) is 9.49. The molecule has 0 saturated carbocycles. The average molecular weight is 288 g/mol. The second-order valence-electron chi connectivity index (χ2n) is 4.28. The quantitative estimate of drug-likeness (QED) is 0.670. The first kappa shape index (κ1) is 15.9. The zero-order valence-electron chi connectivity index (χ0n) is 11.2. The first-order chi connectivity index (χ1) is 8.93. The van der Waals surface area contributed by atoms with Gasteiger partial charge in [-0.15, -0.1) is 0 Å². The zero-order chi connectivity index (χ0) is 14.3. The van der Waals surface area contributed by atoms with E-state index in [1.807, 2.05) is 19.0 Å². The molecule has 7 heteroatoms. The average Bonchev–Trinajstić information content (AvgIpc) is 2.33. The Morgan fingerprint density at radius 2 is 1.95 bits per heavy atom. The Hall–Kier alpha value is -1.15. The SMILES string of the molecule is CN(C)CCOCCNS(=O)(=O)c1ccccc1O. The normalized spacial score (nSPS) is 11.9. The molecular weight excluding hydrogens is 268 g/mol. The fourth-order valence-electron chi connectivity index (χ4n) is 1.36. The van der Waals surface area contributed by atoms with E-state index in [0.29, 0.717) is 13.2 Å². The molecule has 108 valence electrons. The monoisotopic (exact) mass is 288 g/mol. The Bertz CT molecular complexity index is 488. The Balaban J connectivity index is 2.38. The van der Waals surface area contributed by atoms with Crippen molar-refractivity contribution >= 4 is 10.0 Å². The first-order valence-corrected chi connectivity index (χ1v) is 7.42. The molecule has 0 amide bonds. The lowest BCUT2D eigenvalue weighted by molar-refractivity contribution is 0.122. The van der Waals surface area contributed by atoms with Crippen molar-refractivity contribution in [3.8, 4) is 5.75 Å². The Morgan fingerprint density at radius 1 is 1.26 bits per heavy atom. The van der Waals surface area contributed by atoms with Gasteiger partial charge in [-0.05, 0) is 26.2 Å². The van der Waals surface area contributed by atoms with E-state index < -0.39 is 10.0 Å². The van der Waals surface area contributed by atoms with Crippen LogP contribution < -0.4 is 4.72 Å². The highest BCUT2D eigenvalue weighted by Gasteiger charge is 2.16. The van der Waals surface area contributed by atoms with E-state index in [9.17, 15) is 13.5 Å². The van der Waals surface area contributed by atoms with E-state index in [1.54, 1.807) is 12.1 Å². The predicted octanol–water partition coefficient (Wildman–Crippen LogP) is 0.249. The second-order valence-corrected chi connectivity index (χ2v) is 6.02. The molecule has 0 aliphatic heterocycles. The third-order valence-corrected chi connectivity index (χ3v) is 3.88. The Kier molecular flexibility index (Phi) is 6.23. The number of nitrogens with one attached hydrogen (secondary N) is 1. The van der Waals surface area contributed by atoms with Crippen LogP contribution in [-0.4, -0.2) is 58.8 Å². The minimum atomic E-state index is -3.68. The molecule has 1 aromatic rings. The second kappa shape index (κ2) is 7.44. The number of sulfonamides is 1. The van der Waals surface area contributed by atoms with Crippen molar-refractivity contribution in [1.29, 1.82) is 0 Å². The van der Waals surface area contributed by atoms with Crippen LogP contribution in [0.5, 0.6) is 5.75 Å². The number of benzene rings is 1. The number of aromatic hydroxyl groups is 1. The van der Waals surface area contributed by atoms with Crippen molar-refractivity contribution in [3.63, 3.8) is 0 Å². The van der Waals surface area contributed by atoms with Crippen molar-refractivity contribution in [2.24, 2.45) is 0 Å². The van der Waals surface area contributed by atoms with Crippen molar-refractivity contribution in [1.82, 2.24) is 9.62 Å². The van der Waals surface area contributed by atoms with Gasteiger partial charge in [0.25, 0.3) is 0 Å². The molecule has 0 radical (unpaired) electrons. The van der Waals surface area contributed by atoms with Gasteiger partial charge in [-0.1, -0.05) is 12.1 Å². The molecule has 0 heterocycles. The molecule has 0 spiro atoms. The van der Waals surface area contributed by atoms with Crippen LogP contribution in [0.3, 0.4) is 0 Å². The van der Waals surface area contributed by atoms with Crippen molar-refractivity contribution < 1.29 is 18.3 Å². The number of ether oxygens (including phenoxy) is 1. The maximum absolute atomic E-state index is 11.9. The highest BCUT2D eigenvalue weighted by molar-refractivity contribution is 7.89. The molecule has 0 aliphatic carbocycles. The summed E-state index contributed by atoms with van der Waals surface area (Å²) in [5.41, 5.74) is 0. The van der Waals surface area contributed by atoms with Gasteiger partial charge in [-0.3, -0.25) is 0 Å². The van der Waals surface area contributed by atoms with E-state index in [-0.39, 0.29) is 17.2 Å². The van der Waals surface area contributed by atoms with Crippen LogP contribution in [0.4, 0.5) is 0 Å². The Labute approximate surface area is 114 Å². The van der Waals surface area contributed by atoms with Crippen molar-refractivity contribution in [2.45, 2.75) is 4.90 Å². The molecule has 0 aromatic heterocycles. The van der Waals surface area contributed by atoms with Gasteiger partial charge in [0.1, 0.15) is 10.6 Å². The lowest BCUT2D eigenvalue weighted by Crippen LogP contribution is -2.28. The third-order valence-electron chi connectivity index (χ3n) is 2.38. The summed E-state index contributed by atoms with van der Waals surface area (Å²) >= 11 is 0. The number of phenols is 1.